The van der Waals surface area contributed by atoms with Crippen LogP contribution >= 0.6 is 39.1 Å². The second kappa shape index (κ2) is 6.60. The van der Waals surface area contributed by atoms with Crippen molar-refractivity contribution in [1.29, 1.82) is 0 Å². The summed E-state index contributed by atoms with van der Waals surface area (Å²) in [7, 11) is 0. The summed E-state index contributed by atoms with van der Waals surface area (Å²) in [6, 6.07) is 12.5. The summed E-state index contributed by atoms with van der Waals surface area (Å²) >= 11 is 16.0. The van der Waals surface area contributed by atoms with Crippen molar-refractivity contribution in [2.24, 2.45) is 0 Å². The summed E-state index contributed by atoms with van der Waals surface area (Å²) in [5.41, 5.74) is 3.76. The highest BCUT2D eigenvalue weighted by molar-refractivity contribution is 9.10. The van der Waals surface area contributed by atoms with Crippen molar-refractivity contribution in [2.45, 2.75) is 25.2 Å². The topological polar surface area (TPSA) is 12.0 Å². The molecule has 0 amide bonds. The van der Waals surface area contributed by atoms with Gasteiger partial charge in [-0.15, -0.1) is 0 Å². The molecule has 21 heavy (non-hydrogen) atoms. The monoisotopic (exact) mass is 383 g/mol. The highest BCUT2D eigenvalue weighted by Gasteiger charge is 2.20. The minimum atomic E-state index is 0.519. The Labute approximate surface area is 143 Å². The van der Waals surface area contributed by atoms with Crippen molar-refractivity contribution in [3.05, 3.63) is 62.0 Å². The van der Waals surface area contributed by atoms with Crippen molar-refractivity contribution in [1.82, 2.24) is 0 Å². The Morgan fingerprint density at radius 3 is 2.62 bits per heavy atom. The van der Waals surface area contributed by atoms with E-state index in [-0.39, 0.29) is 0 Å². The third kappa shape index (κ3) is 3.39. The molecule has 0 aliphatic heterocycles. The van der Waals surface area contributed by atoms with Crippen LogP contribution in [0.3, 0.4) is 0 Å². The van der Waals surface area contributed by atoms with Gasteiger partial charge in [0.05, 0.1) is 15.7 Å². The van der Waals surface area contributed by atoms with E-state index in [9.17, 15) is 0 Å². The number of benzene rings is 2. The average molecular weight is 385 g/mol. The van der Waals surface area contributed by atoms with E-state index in [1.165, 1.54) is 30.4 Å². The molecule has 3 rings (SSSR count). The zero-order chi connectivity index (χ0) is 14.8. The van der Waals surface area contributed by atoms with E-state index in [1.807, 2.05) is 12.1 Å². The van der Waals surface area contributed by atoms with Crippen molar-refractivity contribution in [2.75, 3.05) is 11.9 Å². The summed E-state index contributed by atoms with van der Waals surface area (Å²) in [5.74, 6) is 0.519. The van der Waals surface area contributed by atoms with Crippen LogP contribution in [0.15, 0.2) is 40.9 Å². The first kappa shape index (κ1) is 15.2. The molecule has 1 aliphatic carbocycles. The fourth-order valence-electron chi connectivity index (χ4n) is 3.00. The second-order valence-corrected chi connectivity index (χ2v) is 7.14. The fourth-order valence-corrected chi connectivity index (χ4v) is 4.35. The maximum atomic E-state index is 6.28. The number of aryl methyl sites for hydroxylation is 1. The lowest BCUT2D eigenvalue weighted by Gasteiger charge is -2.26. The number of anilines is 1. The van der Waals surface area contributed by atoms with E-state index in [0.29, 0.717) is 16.0 Å². The normalized spacial score (nSPS) is 17.4. The van der Waals surface area contributed by atoms with Crippen LogP contribution in [0.1, 0.15) is 29.9 Å². The molecule has 2 aromatic rings. The van der Waals surface area contributed by atoms with Gasteiger partial charge >= 0.3 is 0 Å². The van der Waals surface area contributed by atoms with Crippen LogP contribution in [0.2, 0.25) is 10.0 Å². The highest BCUT2D eigenvalue weighted by Crippen LogP contribution is 2.36. The molecule has 2 aromatic carbocycles. The first-order valence-corrected chi connectivity index (χ1v) is 8.66. The van der Waals surface area contributed by atoms with Crippen LogP contribution in [0.25, 0.3) is 0 Å². The lowest BCUT2D eigenvalue weighted by Crippen LogP contribution is -2.18. The van der Waals surface area contributed by atoms with Gasteiger partial charge in [0.1, 0.15) is 0 Å². The third-order valence-corrected chi connectivity index (χ3v) is 5.08. The van der Waals surface area contributed by atoms with E-state index in [2.05, 4.69) is 45.5 Å². The van der Waals surface area contributed by atoms with Gasteiger partial charge < -0.3 is 5.32 Å². The average Bonchev–Trinajstić information content (AvgIpc) is 2.46. The molecular formula is C17H16BrCl2N. The van der Waals surface area contributed by atoms with Gasteiger partial charge in [-0.1, -0.05) is 63.4 Å². The summed E-state index contributed by atoms with van der Waals surface area (Å²) in [6.45, 7) is 0.859. The van der Waals surface area contributed by atoms with Crippen molar-refractivity contribution < 1.29 is 0 Å². The minimum Gasteiger partial charge on any atom is -0.382 e. The van der Waals surface area contributed by atoms with Crippen LogP contribution in [-0.2, 0) is 6.42 Å². The number of hydrogen-bond acceptors (Lipinski definition) is 1. The van der Waals surface area contributed by atoms with Crippen LogP contribution < -0.4 is 5.32 Å². The molecule has 1 aliphatic rings. The number of nitrogens with one attached hydrogen (secondary N) is 1. The molecule has 0 spiro atoms. The third-order valence-electron chi connectivity index (χ3n) is 4.03. The van der Waals surface area contributed by atoms with Gasteiger partial charge in [-0.3, -0.25) is 0 Å². The maximum Gasteiger partial charge on any atom is 0.0719 e. The molecule has 1 nitrogen and oxygen atoms in total. The smallest absolute Gasteiger partial charge is 0.0719 e. The fraction of sp³-hybridized carbons (Fsp3) is 0.294. The molecule has 0 saturated heterocycles. The molecule has 1 unspecified atom stereocenters. The van der Waals surface area contributed by atoms with Gasteiger partial charge in [0, 0.05) is 16.9 Å². The molecule has 110 valence electrons. The molecule has 1 N–H and O–H groups in total. The maximum absolute atomic E-state index is 6.28. The molecule has 0 saturated carbocycles. The summed E-state index contributed by atoms with van der Waals surface area (Å²) < 4.78 is 0.895. The Balaban J connectivity index is 1.78. The number of hydrogen-bond donors (Lipinski definition) is 1. The van der Waals surface area contributed by atoms with Gasteiger partial charge in [0.2, 0.25) is 0 Å². The Kier molecular flexibility index (Phi) is 4.78. The van der Waals surface area contributed by atoms with Crippen LogP contribution in [0, 0.1) is 0 Å². The Morgan fingerprint density at radius 2 is 1.86 bits per heavy atom. The van der Waals surface area contributed by atoms with Crippen LogP contribution in [-0.4, -0.2) is 6.54 Å². The lowest BCUT2D eigenvalue weighted by molar-refractivity contribution is 0.572. The minimum absolute atomic E-state index is 0.519. The molecule has 0 heterocycles. The predicted molar refractivity (Wildman–Crippen MR) is 94.8 cm³/mol. The van der Waals surface area contributed by atoms with Gasteiger partial charge in [-0.25, -0.2) is 0 Å². The SMILES string of the molecule is Clc1cc(Br)cc(Cl)c1NCC1CCCc2ccccc21. The van der Waals surface area contributed by atoms with E-state index < -0.39 is 0 Å². The number of rotatable bonds is 3. The Bertz CT molecular complexity index is 634. The Hall–Kier alpha value is -0.700. The Morgan fingerprint density at radius 1 is 1.14 bits per heavy atom. The van der Waals surface area contributed by atoms with Crippen molar-refractivity contribution in [3.8, 4) is 0 Å². The second-order valence-electron chi connectivity index (χ2n) is 5.41. The first-order valence-electron chi connectivity index (χ1n) is 7.11. The van der Waals surface area contributed by atoms with Gasteiger partial charge in [0.25, 0.3) is 0 Å². The predicted octanol–water partition coefficient (Wildman–Crippen LogP) is 6.29. The van der Waals surface area contributed by atoms with E-state index >= 15 is 0 Å². The quantitative estimate of drug-likeness (QED) is 0.655. The summed E-state index contributed by atoms with van der Waals surface area (Å²) in [4.78, 5) is 0. The number of halogens is 3. The first-order chi connectivity index (χ1) is 10.1. The molecule has 4 heteroatoms. The largest absolute Gasteiger partial charge is 0.382 e. The van der Waals surface area contributed by atoms with Gasteiger partial charge in [0.15, 0.2) is 0 Å². The molecule has 1 atom stereocenters. The van der Waals surface area contributed by atoms with Gasteiger partial charge in [-0.2, -0.15) is 0 Å². The lowest BCUT2D eigenvalue weighted by atomic mass is 9.83. The summed E-state index contributed by atoms with van der Waals surface area (Å²) in [6.07, 6.45) is 3.63. The van der Waals surface area contributed by atoms with E-state index in [4.69, 9.17) is 23.2 Å². The van der Waals surface area contributed by atoms with E-state index in [1.54, 1.807) is 0 Å². The zero-order valence-corrected chi connectivity index (χ0v) is 14.6. The van der Waals surface area contributed by atoms with Crippen molar-refractivity contribution >= 4 is 44.8 Å². The van der Waals surface area contributed by atoms with Crippen molar-refractivity contribution in [3.63, 3.8) is 0 Å². The molecule has 0 bridgehead atoms. The zero-order valence-electron chi connectivity index (χ0n) is 11.5. The molecular weight excluding hydrogens is 369 g/mol. The molecule has 0 fully saturated rings. The highest BCUT2D eigenvalue weighted by atomic mass is 79.9. The van der Waals surface area contributed by atoms with E-state index in [0.717, 1.165) is 16.7 Å². The molecule has 0 radical (unpaired) electrons. The molecule has 0 aromatic heterocycles. The number of fused-ring (bicyclic) bond motifs is 1. The van der Waals surface area contributed by atoms with Crippen LogP contribution in [0.4, 0.5) is 5.69 Å². The van der Waals surface area contributed by atoms with Crippen LogP contribution in [0.5, 0.6) is 0 Å². The summed E-state index contributed by atoms with van der Waals surface area (Å²) in [5, 5.41) is 4.74. The standard InChI is InChI=1S/C17H16BrCl2N/c18-13-8-15(19)17(16(20)9-13)21-10-12-6-3-5-11-4-1-2-7-14(11)12/h1-2,4,7-9,12,21H,3,5-6,10H2. The van der Waals surface area contributed by atoms with Gasteiger partial charge in [-0.05, 0) is 42.5 Å².